The van der Waals surface area contributed by atoms with Crippen molar-refractivity contribution < 1.29 is 9.13 Å². The molecule has 0 spiro atoms. The average Bonchev–Trinajstić information content (AvgIpc) is 3.18. The molecular formula is C21H25FN6O. The fourth-order valence-electron chi connectivity index (χ4n) is 3.25. The van der Waals surface area contributed by atoms with Crippen LogP contribution in [0.25, 0.3) is 11.2 Å². The summed E-state index contributed by atoms with van der Waals surface area (Å²) in [4.78, 5) is 0. The van der Waals surface area contributed by atoms with Crippen LogP contribution in [0.15, 0.2) is 42.4 Å². The first-order valence-corrected chi connectivity index (χ1v) is 9.32. The fourth-order valence-corrected chi connectivity index (χ4v) is 3.25. The van der Waals surface area contributed by atoms with Crippen LogP contribution in [0, 0.1) is 11.2 Å². The number of ether oxygens (including phenoxy) is 1. The van der Waals surface area contributed by atoms with E-state index in [1.165, 1.54) is 19.4 Å². The van der Waals surface area contributed by atoms with Crippen molar-refractivity contribution in [3.63, 3.8) is 0 Å². The number of benzene rings is 1. The molecule has 2 heterocycles. The van der Waals surface area contributed by atoms with E-state index in [1.807, 2.05) is 32.9 Å². The van der Waals surface area contributed by atoms with Gasteiger partial charge in [-0.25, -0.2) is 4.39 Å². The van der Waals surface area contributed by atoms with E-state index in [0.717, 1.165) is 16.8 Å². The maximum atomic E-state index is 14.2. The third kappa shape index (κ3) is 4.21. The summed E-state index contributed by atoms with van der Waals surface area (Å²) in [5, 5.41) is 22.7. The average molecular weight is 396 g/mol. The minimum Gasteiger partial charge on any atom is -0.496 e. The molecule has 1 aromatic carbocycles. The van der Waals surface area contributed by atoms with Crippen LogP contribution in [0.4, 0.5) is 10.2 Å². The molecule has 0 fully saturated rings. The van der Waals surface area contributed by atoms with Crippen molar-refractivity contribution in [2.75, 3.05) is 12.4 Å². The molecule has 0 radical (unpaired) electrons. The Bertz CT molecular complexity index is 1060. The molecule has 2 aromatic heterocycles. The number of pyridine rings is 1. The molecule has 3 N–H and O–H groups in total. The van der Waals surface area contributed by atoms with E-state index in [0.29, 0.717) is 22.8 Å². The summed E-state index contributed by atoms with van der Waals surface area (Å²) in [7, 11) is 1.52. The van der Waals surface area contributed by atoms with Crippen LogP contribution in [0.5, 0.6) is 5.75 Å². The monoisotopic (exact) mass is 396 g/mol. The molecule has 0 saturated heterocycles. The number of nitrogens with zero attached hydrogens (tertiary/aromatic N) is 3. The van der Waals surface area contributed by atoms with Gasteiger partial charge in [0, 0.05) is 41.2 Å². The molecule has 0 bridgehead atoms. The number of nitrogens with one attached hydrogen (secondary N) is 3. The lowest BCUT2D eigenvalue weighted by molar-refractivity contribution is 0.405. The standard InChI is InChI=1S/C21H25FN6O/c1-13(2)26-14(3)16(10-23)15-8-9-20(28-12-25-27-21(15)28)24-11-17-18(22)6-5-7-19(17)29-4/h5-10,12-13,23-24,26H,11H2,1-4H3/b16-14+,23-10?. The van der Waals surface area contributed by atoms with Gasteiger partial charge in [-0.2, -0.15) is 0 Å². The molecule has 29 heavy (non-hydrogen) atoms. The normalized spacial score (nSPS) is 12.1. The first-order chi connectivity index (χ1) is 14.0. The summed E-state index contributed by atoms with van der Waals surface area (Å²) < 4.78 is 21.3. The quantitative estimate of drug-likeness (QED) is 0.503. The van der Waals surface area contributed by atoms with Crippen molar-refractivity contribution in [1.82, 2.24) is 19.9 Å². The van der Waals surface area contributed by atoms with E-state index in [9.17, 15) is 4.39 Å². The zero-order valence-corrected chi connectivity index (χ0v) is 17.0. The fraction of sp³-hybridized carbons (Fsp3) is 0.286. The second-order valence-electron chi connectivity index (χ2n) is 6.91. The molecule has 152 valence electrons. The predicted molar refractivity (Wildman–Crippen MR) is 113 cm³/mol. The van der Waals surface area contributed by atoms with Gasteiger partial charge in [0.1, 0.15) is 23.7 Å². The molecule has 0 saturated carbocycles. The van der Waals surface area contributed by atoms with Gasteiger partial charge in [0.15, 0.2) is 5.65 Å². The Labute approximate surface area is 169 Å². The topological polar surface area (TPSA) is 87.3 Å². The van der Waals surface area contributed by atoms with Crippen LogP contribution < -0.4 is 15.4 Å². The number of hydrogen-bond donors (Lipinski definition) is 3. The molecule has 0 aliphatic heterocycles. The van der Waals surface area contributed by atoms with Crippen LogP contribution in [-0.4, -0.2) is 34.0 Å². The van der Waals surface area contributed by atoms with Gasteiger partial charge < -0.3 is 20.8 Å². The summed E-state index contributed by atoms with van der Waals surface area (Å²) >= 11 is 0. The second kappa shape index (κ2) is 8.72. The number of anilines is 1. The molecule has 0 aliphatic carbocycles. The number of rotatable bonds is 8. The van der Waals surface area contributed by atoms with Crippen molar-refractivity contribution >= 4 is 23.3 Å². The highest BCUT2D eigenvalue weighted by molar-refractivity contribution is 6.11. The van der Waals surface area contributed by atoms with Crippen LogP contribution >= 0.6 is 0 Å². The SMILES string of the molecule is COc1cccc(F)c1CNc1ccc(/C(C=N)=C(\C)NC(C)C)c2nncn12. The summed E-state index contributed by atoms with van der Waals surface area (Å²) in [5.41, 5.74) is 3.46. The number of aromatic nitrogens is 3. The third-order valence-corrected chi connectivity index (χ3v) is 4.54. The van der Waals surface area contributed by atoms with Crippen molar-refractivity contribution in [1.29, 1.82) is 5.41 Å². The van der Waals surface area contributed by atoms with Crippen LogP contribution in [0.2, 0.25) is 0 Å². The molecule has 8 heteroatoms. The van der Waals surface area contributed by atoms with Gasteiger partial charge in [-0.3, -0.25) is 4.40 Å². The Kier molecular flexibility index (Phi) is 6.11. The first kappa shape index (κ1) is 20.3. The van der Waals surface area contributed by atoms with Gasteiger partial charge in [0.2, 0.25) is 0 Å². The van der Waals surface area contributed by atoms with Crippen molar-refractivity contribution in [2.45, 2.75) is 33.4 Å². The summed E-state index contributed by atoms with van der Waals surface area (Å²) in [6.07, 6.45) is 2.90. The number of hydrogen-bond acceptors (Lipinski definition) is 6. The van der Waals surface area contributed by atoms with Crippen LogP contribution in [-0.2, 0) is 6.54 Å². The highest BCUT2D eigenvalue weighted by atomic mass is 19.1. The van der Waals surface area contributed by atoms with Gasteiger partial charge in [-0.1, -0.05) is 6.07 Å². The van der Waals surface area contributed by atoms with Gasteiger partial charge in [-0.15, -0.1) is 10.2 Å². The molecule has 3 aromatic rings. The van der Waals surface area contributed by atoms with E-state index >= 15 is 0 Å². The zero-order chi connectivity index (χ0) is 21.0. The largest absolute Gasteiger partial charge is 0.496 e. The maximum absolute atomic E-state index is 14.2. The van der Waals surface area contributed by atoms with Crippen molar-refractivity contribution in [3.05, 3.63) is 59.3 Å². The van der Waals surface area contributed by atoms with Crippen molar-refractivity contribution in [2.24, 2.45) is 0 Å². The molecule has 3 rings (SSSR count). The van der Waals surface area contributed by atoms with Crippen LogP contribution in [0.1, 0.15) is 31.9 Å². The second-order valence-corrected chi connectivity index (χ2v) is 6.91. The minimum atomic E-state index is -0.335. The number of halogens is 1. The van der Waals surface area contributed by atoms with E-state index in [2.05, 4.69) is 20.8 Å². The highest BCUT2D eigenvalue weighted by Gasteiger charge is 2.14. The van der Waals surface area contributed by atoms with E-state index in [4.69, 9.17) is 10.1 Å². The lowest BCUT2D eigenvalue weighted by atomic mass is 10.1. The molecule has 7 nitrogen and oxygen atoms in total. The smallest absolute Gasteiger partial charge is 0.170 e. The zero-order valence-electron chi connectivity index (χ0n) is 17.0. The third-order valence-electron chi connectivity index (χ3n) is 4.54. The van der Waals surface area contributed by atoms with Gasteiger partial charge in [0.25, 0.3) is 0 Å². The molecule has 0 atom stereocenters. The number of methoxy groups -OCH3 is 1. The van der Waals surface area contributed by atoms with Gasteiger partial charge in [-0.05, 0) is 45.0 Å². The molecule has 0 unspecified atom stereocenters. The number of allylic oxidation sites excluding steroid dienone is 2. The van der Waals surface area contributed by atoms with E-state index in [-0.39, 0.29) is 18.4 Å². The predicted octanol–water partition coefficient (Wildman–Crippen LogP) is 3.87. The Morgan fingerprint density at radius 3 is 2.79 bits per heavy atom. The lowest BCUT2D eigenvalue weighted by Gasteiger charge is -2.16. The summed E-state index contributed by atoms with van der Waals surface area (Å²) in [6, 6.07) is 8.74. The Hall–Kier alpha value is -3.42. The highest BCUT2D eigenvalue weighted by Crippen LogP contribution is 2.26. The first-order valence-electron chi connectivity index (χ1n) is 9.32. The number of fused-ring (bicyclic) bond motifs is 1. The van der Waals surface area contributed by atoms with Crippen LogP contribution in [0.3, 0.4) is 0 Å². The van der Waals surface area contributed by atoms with E-state index < -0.39 is 0 Å². The molecule has 0 amide bonds. The summed E-state index contributed by atoms with van der Waals surface area (Å²) in [5.74, 6) is 0.856. The lowest BCUT2D eigenvalue weighted by Crippen LogP contribution is -2.21. The molecule has 0 aliphatic rings. The minimum absolute atomic E-state index is 0.240. The molecular weight excluding hydrogens is 371 g/mol. The van der Waals surface area contributed by atoms with Crippen molar-refractivity contribution in [3.8, 4) is 5.75 Å². The van der Waals surface area contributed by atoms with Gasteiger partial charge in [0.05, 0.1) is 7.11 Å². The Morgan fingerprint density at radius 1 is 1.31 bits per heavy atom. The van der Waals surface area contributed by atoms with E-state index in [1.54, 1.807) is 22.9 Å². The maximum Gasteiger partial charge on any atom is 0.170 e. The summed E-state index contributed by atoms with van der Waals surface area (Å²) in [6.45, 7) is 6.26. The Morgan fingerprint density at radius 2 is 2.10 bits per heavy atom. The van der Waals surface area contributed by atoms with Gasteiger partial charge >= 0.3 is 0 Å². The Balaban J connectivity index is 1.97.